The van der Waals surface area contributed by atoms with Crippen molar-refractivity contribution in [2.24, 2.45) is 0 Å². The third kappa shape index (κ3) is 4.85. The highest BCUT2D eigenvalue weighted by Gasteiger charge is 2.32. The molecule has 1 aliphatic rings. The summed E-state index contributed by atoms with van der Waals surface area (Å²) in [4.78, 5) is 32.4. The second-order valence-electron chi connectivity index (χ2n) is 5.96. The normalized spacial score (nSPS) is 15.8. The van der Waals surface area contributed by atoms with Gasteiger partial charge in [0.25, 0.3) is 0 Å². The Labute approximate surface area is 133 Å². The molecule has 0 bridgehead atoms. The van der Waals surface area contributed by atoms with E-state index >= 15 is 0 Å². The lowest BCUT2D eigenvalue weighted by atomic mass is 10.2. The fourth-order valence-corrected chi connectivity index (χ4v) is 1.95. The van der Waals surface area contributed by atoms with Crippen molar-refractivity contribution in [2.75, 3.05) is 13.1 Å². The minimum Gasteiger partial charge on any atom is -0.444 e. The first kappa shape index (κ1) is 16.5. The summed E-state index contributed by atoms with van der Waals surface area (Å²) in [5, 5.41) is 4.51. The summed E-state index contributed by atoms with van der Waals surface area (Å²) in [5.74, 6) is -0.536. The SMILES string of the molecule is CC(C)(C)OC(=O)NC1CN(OC(=O)c2cncc(Cl)c2)C1. The highest BCUT2D eigenvalue weighted by molar-refractivity contribution is 6.30. The number of carbonyl (C=O) groups excluding carboxylic acids is 2. The van der Waals surface area contributed by atoms with Crippen molar-refractivity contribution < 1.29 is 19.2 Å². The Hall–Kier alpha value is -1.86. The largest absolute Gasteiger partial charge is 0.444 e. The van der Waals surface area contributed by atoms with Gasteiger partial charge in [0.05, 0.1) is 29.7 Å². The molecule has 0 spiro atoms. The molecule has 0 radical (unpaired) electrons. The number of rotatable bonds is 3. The number of alkyl carbamates (subject to hydrolysis) is 1. The van der Waals surface area contributed by atoms with Crippen LogP contribution >= 0.6 is 11.6 Å². The van der Waals surface area contributed by atoms with E-state index < -0.39 is 17.7 Å². The number of nitrogens with one attached hydrogen (secondary N) is 1. The lowest BCUT2D eigenvalue weighted by Crippen LogP contribution is -2.59. The molecule has 2 heterocycles. The number of hydrogen-bond acceptors (Lipinski definition) is 6. The molecule has 1 saturated heterocycles. The van der Waals surface area contributed by atoms with Gasteiger partial charge in [-0.2, -0.15) is 0 Å². The van der Waals surface area contributed by atoms with E-state index in [4.69, 9.17) is 21.2 Å². The number of aromatic nitrogens is 1. The number of hydroxylamine groups is 2. The van der Waals surface area contributed by atoms with Crippen molar-refractivity contribution >= 4 is 23.7 Å². The minimum absolute atomic E-state index is 0.111. The maximum atomic E-state index is 11.8. The number of pyridine rings is 1. The number of carbonyl (C=O) groups is 2. The Bertz CT molecular complexity index is 567. The average Bonchev–Trinajstić information content (AvgIpc) is 2.33. The summed E-state index contributed by atoms with van der Waals surface area (Å²) in [6.45, 7) is 6.18. The molecule has 0 saturated carbocycles. The third-order valence-corrected chi connectivity index (χ3v) is 2.93. The third-order valence-electron chi connectivity index (χ3n) is 2.72. The second kappa shape index (κ2) is 6.50. The lowest BCUT2D eigenvalue weighted by molar-refractivity contribution is -0.160. The predicted molar refractivity (Wildman–Crippen MR) is 79.4 cm³/mol. The Morgan fingerprint density at radius 1 is 1.36 bits per heavy atom. The van der Waals surface area contributed by atoms with Gasteiger partial charge in [-0.3, -0.25) is 4.98 Å². The molecule has 0 aliphatic carbocycles. The fourth-order valence-electron chi connectivity index (χ4n) is 1.77. The molecule has 7 nitrogen and oxygen atoms in total. The zero-order chi connectivity index (χ0) is 16.3. The molecule has 1 fully saturated rings. The first-order valence-electron chi connectivity index (χ1n) is 6.80. The first-order chi connectivity index (χ1) is 10.2. The standard InChI is InChI=1S/C14H18ClN3O4/c1-14(2,3)21-13(20)17-11-7-18(8-11)22-12(19)9-4-10(15)6-16-5-9/h4-6,11H,7-8H2,1-3H3,(H,17,20). The van der Waals surface area contributed by atoms with Gasteiger partial charge in [0.15, 0.2) is 0 Å². The van der Waals surface area contributed by atoms with Gasteiger partial charge in [0.1, 0.15) is 5.60 Å². The monoisotopic (exact) mass is 327 g/mol. The van der Waals surface area contributed by atoms with E-state index in [-0.39, 0.29) is 11.6 Å². The Morgan fingerprint density at radius 3 is 2.64 bits per heavy atom. The molecule has 1 aromatic rings. The molecule has 1 aromatic heterocycles. The van der Waals surface area contributed by atoms with Gasteiger partial charge in [0.2, 0.25) is 0 Å². The van der Waals surface area contributed by atoms with Crippen molar-refractivity contribution in [3.63, 3.8) is 0 Å². The predicted octanol–water partition coefficient (Wildman–Crippen LogP) is 2.02. The smallest absolute Gasteiger partial charge is 0.407 e. The lowest BCUT2D eigenvalue weighted by Gasteiger charge is -2.37. The van der Waals surface area contributed by atoms with E-state index in [1.54, 1.807) is 20.8 Å². The Balaban J connectivity index is 1.73. The molecule has 8 heteroatoms. The molecule has 120 valence electrons. The summed E-state index contributed by atoms with van der Waals surface area (Å²) >= 11 is 5.76. The topological polar surface area (TPSA) is 80.8 Å². The van der Waals surface area contributed by atoms with Crippen LogP contribution in [0.15, 0.2) is 18.5 Å². The quantitative estimate of drug-likeness (QED) is 0.914. The highest BCUT2D eigenvalue weighted by atomic mass is 35.5. The zero-order valence-corrected chi connectivity index (χ0v) is 13.4. The average molecular weight is 328 g/mol. The first-order valence-corrected chi connectivity index (χ1v) is 7.18. The van der Waals surface area contributed by atoms with E-state index in [1.165, 1.54) is 23.5 Å². The van der Waals surface area contributed by atoms with E-state index in [2.05, 4.69) is 10.3 Å². The van der Waals surface area contributed by atoms with Crippen LogP contribution in [-0.4, -0.2) is 46.8 Å². The van der Waals surface area contributed by atoms with Gasteiger partial charge in [0, 0.05) is 12.4 Å². The molecule has 2 rings (SSSR count). The van der Waals surface area contributed by atoms with Crippen LogP contribution in [0.5, 0.6) is 0 Å². The number of ether oxygens (including phenoxy) is 1. The molecule has 22 heavy (non-hydrogen) atoms. The van der Waals surface area contributed by atoms with Crippen molar-refractivity contribution in [1.29, 1.82) is 0 Å². The maximum Gasteiger partial charge on any atom is 0.407 e. The van der Waals surface area contributed by atoms with Gasteiger partial charge < -0.3 is 14.9 Å². The van der Waals surface area contributed by atoms with Gasteiger partial charge in [-0.15, -0.1) is 5.06 Å². The fraction of sp³-hybridized carbons (Fsp3) is 0.500. The van der Waals surface area contributed by atoms with Gasteiger partial charge in [-0.1, -0.05) is 11.6 Å². The highest BCUT2D eigenvalue weighted by Crippen LogP contribution is 2.14. The van der Waals surface area contributed by atoms with E-state index in [0.717, 1.165) is 0 Å². The van der Waals surface area contributed by atoms with Crippen molar-refractivity contribution in [2.45, 2.75) is 32.4 Å². The van der Waals surface area contributed by atoms with Crippen molar-refractivity contribution in [3.05, 3.63) is 29.0 Å². The molecule has 1 aliphatic heterocycles. The van der Waals surface area contributed by atoms with Crippen LogP contribution in [0.4, 0.5) is 4.79 Å². The van der Waals surface area contributed by atoms with E-state index in [1.807, 2.05) is 0 Å². The molecule has 0 unspecified atom stereocenters. The van der Waals surface area contributed by atoms with Crippen molar-refractivity contribution in [1.82, 2.24) is 15.4 Å². The van der Waals surface area contributed by atoms with Gasteiger partial charge >= 0.3 is 12.1 Å². The molecule has 0 aromatic carbocycles. The van der Waals surface area contributed by atoms with Crippen molar-refractivity contribution in [3.8, 4) is 0 Å². The van der Waals surface area contributed by atoms with Crippen LogP contribution < -0.4 is 5.32 Å². The number of halogens is 1. The summed E-state index contributed by atoms with van der Waals surface area (Å²) in [6.07, 6.45) is 2.33. The number of hydrogen-bond donors (Lipinski definition) is 1. The number of nitrogens with zero attached hydrogens (tertiary/aromatic N) is 2. The minimum atomic E-state index is -0.542. The Morgan fingerprint density at radius 2 is 2.05 bits per heavy atom. The maximum absolute atomic E-state index is 11.8. The van der Waals surface area contributed by atoms with Crippen LogP contribution in [0, 0.1) is 0 Å². The van der Waals surface area contributed by atoms with Crippen LogP contribution in [0.2, 0.25) is 5.02 Å². The molecular formula is C14H18ClN3O4. The van der Waals surface area contributed by atoms with Crippen LogP contribution in [0.25, 0.3) is 0 Å². The summed E-state index contributed by atoms with van der Waals surface area (Å²) in [7, 11) is 0. The van der Waals surface area contributed by atoms with Crippen LogP contribution in [-0.2, 0) is 9.57 Å². The summed E-state index contributed by atoms with van der Waals surface area (Å²) in [6, 6.07) is 1.37. The van der Waals surface area contributed by atoms with Gasteiger partial charge in [-0.25, -0.2) is 9.59 Å². The Kier molecular flexibility index (Phi) is 4.87. The molecule has 1 N–H and O–H groups in total. The summed E-state index contributed by atoms with van der Waals surface area (Å²) < 4.78 is 5.14. The zero-order valence-electron chi connectivity index (χ0n) is 12.6. The second-order valence-corrected chi connectivity index (χ2v) is 6.40. The summed E-state index contributed by atoms with van der Waals surface area (Å²) in [5.41, 5.74) is -0.268. The van der Waals surface area contributed by atoms with Crippen LogP contribution in [0.3, 0.4) is 0 Å². The van der Waals surface area contributed by atoms with Crippen LogP contribution in [0.1, 0.15) is 31.1 Å². The molecule has 1 amide bonds. The molecular weight excluding hydrogens is 310 g/mol. The molecule has 0 atom stereocenters. The van der Waals surface area contributed by atoms with E-state index in [0.29, 0.717) is 18.1 Å². The van der Waals surface area contributed by atoms with E-state index in [9.17, 15) is 9.59 Å². The van der Waals surface area contributed by atoms with Gasteiger partial charge in [-0.05, 0) is 26.8 Å². The number of amides is 1.